The fourth-order valence-corrected chi connectivity index (χ4v) is 2.50. The van der Waals surface area contributed by atoms with E-state index in [1.165, 1.54) is 6.07 Å². The van der Waals surface area contributed by atoms with Gasteiger partial charge in [-0.3, -0.25) is 10.1 Å². The molecule has 2 rings (SSSR count). The van der Waals surface area contributed by atoms with E-state index in [0.29, 0.717) is 17.7 Å². The van der Waals surface area contributed by atoms with Gasteiger partial charge >= 0.3 is 5.97 Å². The second-order valence-electron chi connectivity index (χ2n) is 6.00. The van der Waals surface area contributed by atoms with Crippen LogP contribution in [0.3, 0.4) is 0 Å². The number of aliphatic hydroxyl groups excluding tert-OH is 1. The van der Waals surface area contributed by atoms with Crippen LogP contribution in [0.15, 0.2) is 12.1 Å². The highest BCUT2D eigenvalue weighted by atomic mass is 16.6. The average Bonchev–Trinajstić information content (AvgIpc) is 2.39. The Bertz CT molecular complexity index is 612. The zero-order chi connectivity index (χ0) is 15.9. The SMILES string of the molecule is Cc1c(NC2CC(O)C2(C)C)cc(C(=O)O)cc1[N+](=O)[O-]. The molecule has 1 aromatic carbocycles. The van der Waals surface area contributed by atoms with Crippen molar-refractivity contribution in [3.05, 3.63) is 33.4 Å². The molecule has 2 atom stereocenters. The number of nitro groups is 1. The van der Waals surface area contributed by atoms with Crippen LogP contribution in [-0.4, -0.2) is 33.3 Å². The Kier molecular flexibility index (Phi) is 3.63. The Hall–Kier alpha value is -2.15. The number of anilines is 1. The maximum Gasteiger partial charge on any atom is 0.336 e. The van der Waals surface area contributed by atoms with Crippen LogP contribution in [-0.2, 0) is 0 Å². The first-order chi connectivity index (χ1) is 9.64. The van der Waals surface area contributed by atoms with Gasteiger partial charge in [-0.2, -0.15) is 0 Å². The van der Waals surface area contributed by atoms with Gasteiger partial charge in [-0.05, 0) is 19.4 Å². The lowest BCUT2D eigenvalue weighted by Crippen LogP contribution is -2.57. The molecule has 0 amide bonds. The molecule has 7 nitrogen and oxygen atoms in total. The van der Waals surface area contributed by atoms with E-state index >= 15 is 0 Å². The zero-order valence-electron chi connectivity index (χ0n) is 12.1. The molecule has 21 heavy (non-hydrogen) atoms. The molecular formula is C14H18N2O5. The van der Waals surface area contributed by atoms with Crippen LogP contribution in [0.25, 0.3) is 0 Å². The van der Waals surface area contributed by atoms with Crippen molar-refractivity contribution in [1.82, 2.24) is 0 Å². The van der Waals surface area contributed by atoms with Gasteiger partial charge in [-0.1, -0.05) is 13.8 Å². The van der Waals surface area contributed by atoms with Gasteiger partial charge in [0.05, 0.1) is 16.6 Å². The Labute approximate surface area is 121 Å². The largest absolute Gasteiger partial charge is 0.478 e. The number of benzene rings is 1. The van der Waals surface area contributed by atoms with Crippen LogP contribution < -0.4 is 5.32 Å². The van der Waals surface area contributed by atoms with E-state index in [4.69, 9.17) is 5.11 Å². The first-order valence-electron chi connectivity index (χ1n) is 6.61. The van der Waals surface area contributed by atoms with E-state index in [0.717, 1.165) is 6.07 Å². The molecule has 0 aliphatic heterocycles. The van der Waals surface area contributed by atoms with Gasteiger partial charge in [0.25, 0.3) is 5.69 Å². The average molecular weight is 294 g/mol. The van der Waals surface area contributed by atoms with E-state index in [-0.39, 0.29) is 22.7 Å². The van der Waals surface area contributed by atoms with Crippen LogP contribution in [0.2, 0.25) is 0 Å². The quantitative estimate of drug-likeness (QED) is 0.579. The highest BCUT2D eigenvalue weighted by Gasteiger charge is 2.47. The lowest BCUT2D eigenvalue weighted by Gasteiger charge is -2.50. The Balaban J connectivity index is 2.39. The van der Waals surface area contributed by atoms with Crippen molar-refractivity contribution in [1.29, 1.82) is 0 Å². The predicted octanol–water partition coefficient (Wildman–Crippen LogP) is 2.17. The van der Waals surface area contributed by atoms with E-state index in [1.807, 2.05) is 13.8 Å². The summed E-state index contributed by atoms with van der Waals surface area (Å²) in [7, 11) is 0. The van der Waals surface area contributed by atoms with Crippen LogP contribution >= 0.6 is 0 Å². The van der Waals surface area contributed by atoms with Gasteiger partial charge in [0.1, 0.15) is 0 Å². The zero-order valence-corrected chi connectivity index (χ0v) is 12.1. The first-order valence-corrected chi connectivity index (χ1v) is 6.61. The Morgan fingerprint density at radius 1 is 1.48 bits per heavy atom. The van der Waals surface area contributed by atoms with Crippen molar-refractivity contribution in [2.75, 3.05) is 5.32 Å². The Morgan fingerprint density at radius 3 is 2.52 bits per heavy atom. The number of nitro benzene ring substituents is 1. The molecular weight excluding hydrogens is 276 g/mol. The van der Waals surface area contributed by atoms with Crippen LogP contribution in [0.4, 0.5) is 11.4 Å². The standard InChI is InChI=1S/C14H18N2O5/c1-7-9(15-11-6-12(17)14(11,2)3)4-8(13(18)19)5-10(7)16(20)21/h4-5,11-12,15,17H,6H2,1-3H3,(H,18,19). The molecule has 2 unspecified atom stereocenters. The number of aromatic carboxylic acids is 1. The van der Waals surface area contributed by atoms with E-state index in [1.54, 1.807) is 6.92 Å². The number of nitrogens with zero attached hydrogens (tertiary/aromatic N) is 1. The number of carboxylic acid groups (broad SMARTS) is 1. The monoisotopic (exact) mass is 294 g/mol. The molecule has 0 bridgehead atoms. The number of nitrogens with one attached hydrogen (secondary N) is 1. The number of hydrogen-bond donors (Lipinski definition) is 3. The normalized spacial score (nSPS) is 23.2. The highest BCUT2D eigenvalue weighted by Crippen LogP contribution is 2.43. The van der Waals surface area contributed by atoms with Crippen molar-refractivity contribution in [3.63, 3.8) is 0 Å². The minimum atomic E-state index is -1.21. The summed E-state index contributed by atoms with van der Waals surface area (Å²) in [6, 6.07) is 2.39. The van der Waals surface area contributed by atoms with Crippen LogP contribution in [0, 0.1) is 22.5 Å². The summed E-state index contributed by atoms with van der Waals surface area (Å²) >= 11 is 0. The van der Waals surface area contributed by atoms with Gasteiger partial charge in [-0.25, -0.2) is 4.79 Å². The summed E-state index contributed by atoms with van der Waals surface area (Å²) in [6.45, 7) is 5.36. The maximum atomic E-state index is 11.1. The molecule has 0 radical (unpaired) electrons. The number of aliphatic hydroxyl groups is 1. The summed E-state index contributed by atoms with van der Waals surface area (Å²) in [6.07, 6.45) is 0.0882. The molecule has 1 fully saturated rings. The first kappa shape index (κ1) is 15.2. The third kappa shape index (κ3) is 2.56. The lowest BCUT2D eigenvalue weighted by atomic mass is 9.64. The fraction of sp³-hybridized carbons (Fsp3) is 0.500. The van der Waals surface area contributed by atoms with Crippen molar-refractivity contribution < 1.29 is 19.9 Å². The number of rotatable bonds is 4. The summed E-state index contributed by atoms with van der Waals surface area (Å²) in [4.78, 5) is 21.6. The molecule has 114 valence electrons. The van der Waals surface area contributed by atoms with Gasteiger partial charge in [0.15, 0.2) is 0 Å². The third-order valence-electron chi connectivity index (χ3n) is 4.37. The highest BCUT2D eigenvalue weighted by molar-refractivity contribution is 5.90. The second-order valence-corrected chi connectivity index (χ2v) is 6.00. The molecule has 1 aromatic rings. The smallest absolute Gasteiger partial charge is 0.336 e. The summed E-state index contributed by atoms with van der Waals surface area (Å²) in [5.74, 6) is -1.21. The van der Waals surface area contributed by atoms with Crippen molar-refractivity contribution in [2.24, 2.45) is 5.41 Å². The van der Waals surface area contributed by atoms with Crippen LogP contribution in [0.5, 0.6) is 0 Å². The molecule has 3 N–H and O–H groups in total. The topological polar surface area (TPSA) is 113 Å². The number of carbonyl (C=O) groups is 1. The lowest BCUT2D eigenvalue weighted by molar-refractivity contribution is -0.385. The number of hydrogen-bond acceptors (Lipinski definition) is 5. The van der Waals surface area contributed by atoms with Gasteiger partial charge < -0.3 is 15.5 Å². The second kappa shape index (κ2) is 5.00. The predicted molar refractivity (Wildman–Crippen MR) is 76.6 cm³/mol. The fourth-order valence-electron chi connectivity index (χ4n) is 2.50. The van der Waals surface area contributed by atoms with Crippen molar-refractivity contribution >= 4 is 17.3 Å². The molecule has 0 aromatic heterocycles. The van der Waals surface area contributed by atoms with Gasteiger partial charge in [0.2, 0.25) is 0 Å². The minimum absolute atomic E-state index is 0.0603. The van der Waals surface area contributed by atoms with Gasteiger partial charge in [-0.15, -0.1) is 0 Å². The Morgan fingerprint density at radius 2 is 2.10 bits per heavy atom. The van der Waals surface area contributed by atoms with Crippen LogP contribution in [0.1, 0.15) is 36.2 Å². The summed E-state index contributed by atoms with van der Waals surface area (Å²) in [5, 5.41) is 33.0. The summed E-state index contributed by atoms with van der Waals surface area (Å²) < 4.78 is 0. The van der Waals surface area contributed by atoms with E-state index in [2.05, 4.69) is 5.32 Å². The van der Waals surface area contributed by atoms with E-state index in [9.17, 15) is 20.0 Å². The third-order valence-corrected chi connectivity index (χ3v) is 4.37. The molecule has 1 saturated carbocycles. The number of carboxylic acids is 1. The summed E-state index contributed by atoms with van der Waals surface area (Å²) in [5.41, 5.74) is 0.0943. The maximum absolute atomic E-state index is 11.1. The molecule has 1 aliphatic rings. The molecule has 0 saturated heterocycles. The minimum Gasteiger partial charge on any atom is -0.478 e. The van der Waals surface area contributed by atoms with Crippen molar-refractivity contribution in [3.8, 4) is 0 Å². The molecule has 7 heteroatoms. The molecule has 1 aliphatic carbocycles. The van der Waals surface area contributed by atoms with Crippen molar-refractivity contribution in [2.45, 2.75) is 39.3 Å². The van der Waals surface area contributed by atoms with Gasteiger partial charge in [0, 0.05) is 28.8 Å². The molecule has 0 spiro atoms. The molecule has 0 heterocycles. The van der Waals surface area contributed by atoms with E-state index < -0.39 is 17.0 Å².